The van der Waals surface area contributed by atoms with E-state index in [2.05, 4.69) is 17.2 Å². The monoisotopic (exact) mass is 432 g/mol. The number of hydrogen-bond acceptors (Lipinski definition) is 3. The summed E-state index contributed by atoms with van der Waals surface area (Å²) in [6.07, 6.45) is 17.6. The number of thioether (sulfide) groups is 1. The number of carbonyl (C=O) groups is 1. The van der Waals surface area contributed by atoms with Crippen molar-refractivity contribution in [2.24, 2.45) is 0 Å². The zero-order chi connectivity index (χ0) is 21.4. The maximum Gasteiger partial charge on any atom is 0.446 e. The summed E-state index contributed by atoms with van der Waals surface area (Å²) in [6, 6.07) is 2.74. The van der Waals surface area contributed by atoms with Gasteiger partial charge in [-0.2, -0.15) is 13.2 Å². The number of rotatable bonds is 16. The number of aromatic nitrogens is 1. The molecule has 1 aromatic rings. The van der Waals surface area contributed by atoms with Gasteiger partial charge in [0.05, 0.1) is 4.90 Å². The second kappa shape index (κ2) is 15.6. The lowest BCUT2D eigenvalue weighted by Crippen LogP contribution is -2.13. The number of anilines is 1. The number of hydrogen-bond donors (Lipinski definition) is 1. The normalized spacial score (nSPS) is 11.6. The highest BCUT2D eigenvalue weighted by atomic mass is 32.2. The molecular weight excluding hydrogens is 397 g/mol. The van der Waals surface area contributed by atoms with Crippen LogP contribution in [-0.2, 0) is 4.79 Å². The smallest absolute Gasteiger partial charge is 0.310 e. The second-order valence-electron chi connectivity index (χ2n) is 7.44. The molecular formula is C22H35F3N2OS. The Balaban J connectivity index is 2.05. The van der Waals surface area contributed by atoms with Crippen molar-refractivity contribution in [1.29, 1.82) is 0 Å². The largest absolute Gasteiger partial charge is 0.446 e. The summed E-state index contributed by atoms with van der Waals surface area (Å²) in [5, 5.41) is 2.51. The van der Waals surface area contributed by atoms with Crippen molar-refractivity contribution in [3.05, 3.63) is 18.3 Å². The zero-order valence-electron chi connectivity index (χ0n) is 17.5. The fourth-order valence-electron chi connectivity index (χ4n) is 3.19. The number of nitrogens with zero attached hydrogens (tertiary/aromatic N) is 1. The van der Waals surface area contributed by atoms with E-state index >= 15 is 0 Å². The third kappa shape index (κ3) is 14.4. The molecule has 0 aromatic carbocycles. The molecule has 1 heterocycles. The molecule has 0 atom stereocenters. The Labute approximate surface area is 177 Å². The number of nitrogens with one attached hydrogen (secondary N) is 1. The van der Waals surface area contributed by atoms with E-state index in [0.29, 0.717) is 6.42 Å². The Hall–Kier alpha value is -1.24. The number of amides is 1. The van der Waals surface area contributed by atoms with Gasteiger partial charge in [-0.1, -0.05) is 84.0 Å². The Morgan fingerprint density at radius 1 is 0.931 bits per heavy atom. The van der Waals surface area contributed by atoms with E-state index in [1.165, 1.54) is 82.5 Å². The Bertz CT molecular complexity index is 567. The van der Waals surface area contributed by atoms with Gasteiger partial charge >= 0.3 is 5.51 Å². The van der Waals surface area contributed by atoms with Gasteiger partial charge < -0.3 is 5.32 Å². The van der Waals surface area contributed by atoms with Crippen LogP contribution in [0, 0.1) is 0 Å². The highest BCUT2D eigenvalue weighted by Gasteiger charge is 2.30. The van der Waals surface area contributed by atoms with Crippen molar-refractivity contribution in [3.8, 4) is 0 Å². The van der Waals surface area contributed by atoms with Gasteiger partial charge in [0.1, 0.15) is 5.82 Å². The van der Waals surface area contributed by atoms with E-state index in [-0.39, 0.29) is 28.4 Å². The third-order valence-electron chi connectivity index (χ3n) is 4.76. The maximum absolute atomic E-state index is 12.6. The second-order valence-corrected chi connectivity index (χ2v) is 8.55. The molecule has 0 aliphatic carbocycles. The van der Waals surface area contributed by atoms with E-state index < -0.39 is 5.51 Å². The Kier molecular flexibility index (Phi) is 13.9. The first-order valence-electron chi connectivity index (χ1n) is 10.9. The Morgan fingerprint density at radius 2 is 1.45 bits per heavy atom. The molecule has 7 heteroatoms. The van der Waals surface area contributed by atoms with Crippen molar-refractivity contribution in [1.82, 2.24) is 4.98 Å². The summed E-state index contributed by atoms with van der Waals surface area (Å²) in [6.45, 7) is 2.24. The summed E-state index contributed by atoms with van der Waals surface area (Å²) < 4.78 is 37.7. The molecule has 0 aliphatic rings. The lowest BCUT2D eigenvalue weighted by molar-refractivity contribution is -0.116. The summed E-state index contributed by atoms with van der Waals surface area (Å²) >= 11 is -0.260. The molecule has 0 radical (unpaired) electrons. The SMILES string of the molecule is CCCCCCCCCCCCCCCC(=O)Nc1ncccc1SC(F)(F)F. The standard InChI is InChI=1S/C22H35F3N2OS/c1-2-3-4-5-6-7-8-9-10-11-12-13-14-17-20(28)27-21-19(16-15-18-26-21)29-22(23,24)25/h15-16,18H,2-14,17H2,1H3,(H,26,27,28). The van der Waals surface area contributed by atoms with Gasteiger partial charge in [0.15, 0.2) is 0 Å². The number of alkyl halides is 3. The highest BCUT2D eigenvalue weighted by Crippen LogP contribution is 2.39. The van der Waals surface area contributed by atoms with Gasteiger partial charge in [-0.3, -0.25) is 4.79 Å². The van der Waals surface area contributed by atoms with E-state index in [1.807, 2.05) is 0 Å². The Morgan fingerprint density at radius 3 is 1.97 bits per heavy atom. The van der Waals surface area contributed by atoms with Crippen molar-refractivity contribution in [2.75, 3.05) is 5.32 Å². The average molecular weight is 433 g/mol. The molecule has 1 aromatic heterocycles. The van der Waals surface area contributed by atoms with E-state index in [4.69, 9.17) is 0 Å². The lowest BCUT2D eigenvalue weighted by Gasteiger charge is -2.11. The van der Waals surface area contributed by atoms with Crippen LogP contribution in [-0.4, -0.2) is 16.4 Å². The van der Waals surface area contributed by atoms with Crippen LogP contribution in [0.15, 0.2) is 23.2 Å². The summed E-state index contributed by atoms with van der Waals surface area (Å²) in [5.74, 6) is -0.301. The minimum absolute atomic E-state index is 0.0190. The molecule has 3 nitrogen and oxygen atoms in total. The molecule has 29 heavy (non-hydrogen) atoms. The maximum atomic E-state index is 12.6. The van der Waals surface area contributed by atoms with Crippen LogP contribution in [0.4, 0.5) is 19.0 Å². The van der Waals surface area contributed by atoms with E-state index in [9.17, 15) is 18.0 Å². The predicted molar refractivity (Wildman–Crippen MR) is 115 cm³/mol. The van der Waals surface area contributed by atoms with Gasteiger partial charge in [-0.25, -0.2) is 4.98 Å². The molecule has 0 saturated heterocycles. The lowest BCUT2D eigenvalue weighted by atomic mass is 10.0. The quantitative estimate of drug-likeness (QED) is 0.212. The van der Waals surface area contributed by atoms with Gasteiger partial charge in [-0.05, 0) is 30.3 Å². The molecule has 166 valence electrons. The molecule has 0 spiro atoms. The zero-order valence-corrected chi connectivity index (χ0v) is 18.3. The fraction of sp³-hybridized carbons (Fsp3) is 0.727. The van der Waals surface area contributed by atoms with Crippen molar-refractivity contribution in [2.45, 2.75) is 107 Å². The molecule has 0 saturated carbocycles. The van der Waals surface area contributed by atoms with Crippen molar-refractivity contribution in [3.63, 3.8) is 0 Å². The average Bonchev–Trinajstić information content (AvgIpc) is 2.66. The number of carbonyl (C=O) groups excluding carboxylic acids is 1. The number of unbranched alkanes of at least 4 members (excludes halogenated alkanes) is 12. The predicted octanol–water partition coefficient (Wildman–Crippen LogP) is 8.11. The highest BCUT2D eigenvalue weighted by molar-refractivity contribution is 8.00. The van der Waals surface area contributed by atoms with Gasteiger partial charge in [-0.15, -0.1) is 0 Å². The topological polar surface area (TPSA) is 42.0 Å². The summed E-state index contributed by atoms with van der Waals surface area (Å²) in [4.78, 5) is 15.8. The summed E-state index contributed by atoms with van der Waals surface area (Å²) in [5.41, 5.74) is -4.41. The first-order valence-corrected chi connectivity index (χ1v) is 11.7. The van der Waals surface area contributed by atoms with Crippen LogP contribution in [0.25, 0.3) is 0 Å². The molecule has 0 fully saturated rings. The minimum Gasteiger partial charge on any atom is -0.310 e. The third-order valence-corrected chi connectivity index (χ3v) is 5.54. The van der Waals surface area contributed by atoms with Crippen LogP contribution >= 0.6 is 11.8 Å². The van der Waals surface area contributed by atoms with Crippen LogP contribution in [0.5, 0.6) is 0 Å². The number of halogens is 3. The molecule has 0 bridgehead atoms. The molecule has 1 amide bonds. The first-order chi connectivity index (χ1) is 13.9. The van der Waals surface area contributed by atoms with Crippen LogP contribution in [0.2, 0.25) is 0 Å². The van der Waals surface area contributed by atoms with Gasteiger partial charge in [0.2, 0.25) is 5.91 Å². The minimum atomic E-state index is -4.41. The van der Waals surface area contributed by atoms with Crippen molar-refractivity contribution >= 4 is 23.5 Å². The molecule has 1 rings (SSSR count). The summed E-state index contributed by atoms with van der Waals surface area (Å²) in [7, 11) is 0. The number of pyridine rings is 1. The molecule has 0 unspecified atom stereocenters. The molecule has 0 aliphatic heterocycles. The van der Waals surface area contributed by atoms with Crippen molar-refractivity contribution < 1.29 is 18.0 Å². The fourth-order valence-corrected chi connectivity index (χ4v) is 3.79. The van der Waals surface area contributed by atoms with Crippen LogP contribution in [0.3, 0.4) is 0 Å². The van der Waals surface area contributed by atoms with Gasteiger partial charge in [0.25, 0.3) is 0 Å². The van der Waals surface area contributed by atoms with Crippen LogP contribution < -0.4 is 5.32 Å². The first kappa shape index (κ1) is 25.8. The van der Waals surface area contributed by atoms with Crippen LogP contribution in [0.1, 0.15) is 96.8 Å². The van der Waals surface area contributed by atoms with E-state index in [0.717, 1.165) is 19.3 Å². The molecule has 1 N–H and O–H groups in total. The van der Waals surface area contributed by atoms with E-state index in [1.54, 1.807) is 0 Å². The van der Waals surface area contributed by atoms with Gasteiger partial charge in [0, 0.05) is 12.6 Å².